The van der Waals surface area contributed by atoms with E-state index in [2.05, 4.69) is 42.4 Å². The van der Waals surface area contributed by atoms with Crippen LogP contribution in [0.4, 0.5) is 5.69 Å². The largest absolute Gasteiger partial charge is 0.366 e. The molecule has 0 fully saturated rings. The normalized spacial score (nSPS) is 14.1. The lowest BCUT2D eigenvalue weighted by atomic mass is 10.0. The van der Waals surface area contributed by atoms with E-state index in [0.717, 1.165) is 0 Å². The molecular formula is C11H14N2. The van der Waals surface area contributed by atoms with Crippen LogP contribution in [0, 0.1) is 0 Å². The zero-order chi connectivity index (χ0) is 9.26. The summed E-state index contributed by atoms with van der Waals surface area (Å²) < 4.78 is 0. The van der Waals surface area contributed by atoms with Gasteiger partial charge in [-0.25, -0.2) is 0 Å². The smallest absolute Gasteiger partial charge is 0.107 e. The van der Waals surface area contributed by atoms with Crippen molar-refractivity contribution in [2.75, 3.05) is 12.0 Å². The second-order valence-electron chi connectivity index (χ2n) is 3.65. The number of nitrogens with zero attached hydrogens (tertiary/aromatic N) is 1. The first-order valence-corrected chi connectivity index (χ1v) is 4.65. The van der Waals surface area contributed by atoms with E-state index in [9.17, 15) is 0 Å². The summed E-state index contributed by atoms with van der Waals surface area (Å²) in [7, 11) is 0. The zero-order valence-electron chi connectivity index (χ0n) is 8.04. The number of rotatable bonds is 1. The van der Waals surface area contributed by atoms with Crippen LogP contribution in [0.2, 0.25) is 0 Å². The van der Waals surface area contributed by atoms with Gasteiger partial charge in [-0.15, -0.1) is 0 Å². The molecule has 0 saturated heterocycles. The predicted molar refractivity (Wildman–Crippen MR) is 56.6 cm³/mol. The molecule has 0 unspecified atom stereocenters. The Morgan fingerprint density at radius 1 is 1.38 bits per heavy atom. The van der Waals surface area contributed by atoms with E-state index in [1.165, 1.54) is 16.8 Å². The lowest BCUT2D eigenvalue weighted by molar-refractivity contribution is 0.866. The van der Waals surface area contributed by atoms with Crippen molar-refractivity contribution in [2.45, 2.75) is 19.8 Å². The van der Waals surface area contributed by atoms with Gasteiger partial charge in [-0.2, -0.15) is 0 Å². The summed E-state index contributed by atoms with van der Waals surface area (Å²) in [5.41, 5.74) is 3.78. The summed E-state index contributed by atoms with van der Waals surface area (Å²) in [4.78, 5) is 4.16. The topological polar surface area (TPSA) is 24.4 Å². The molecule has 0 amide bonds. The molecule has 13 heavy (non-hydrogen) atoms. The summed E-state index contributed by atoms with van der Waals surface area (Å²) >= 11 is 0. The molecule has 68 valence electrons. The Bertz CT molecular complexity index is 340. The summed E-state index contributed by atoms with van der Waals surface area (Å²) in [6.45, 7) is 5.12. The van der Waals surface area contributed by atoms with Crippen molar-refractivity contribution in [3.63, 3.8) is 0 Å². The van der Waals surface area contributed by atoms with E-state index < -0.39 is 0 Å². The fourth-order valence-electron chi connectivity index (χ4n) is 1.47. The van der Waals surface area contributed by atoms with Gasteiger partial charge >= 0.3 is 0 Å². The molecule has 0 atom stereocenters. The van der Waals surface area contributed by atoms with Gasteiger partial charge in [0.2, 0.25) is 0 Å². The van der Waals surface area contributed by atoms with Crippen LogP contribution in [-0.2, 0) is 0 Å². The average molecular weight is 174 g/mol. The Balaban J connectivity index is 2.42. The van der Waals surface area contributed by atoms with Gasteiger partial charge in [0.05, 0.1) is 0 Å². The van der Waals surface area contributed by atoms with Gasteiger partial charge < -0.3 is 5.32 Å². The molecule has 1 aromatic carbocycles. The van der Waals surface area contributed by atoms with Crippen molar-refractivity contribution < 1.29 is 0 Å². The van der Waals surface area contributed by atoms with Crippen molar-refractivity contribution >= 4 is 11.9 Å². The molecule has 1 N–H and O–H groups in total. The van der Waals surface area contributed by atoms with Crippen molar-refractivity contribution in [1.29, 1.82) is 0 Å². The fourth-order valence-corrected chi connectivity index (χ4v) is 1.47. The number of aliphatic imine (C=N–C) groups is 1. The first kappa shape index (κ1) is 8.30. The van der Waals surface area contributed by atoms with E-state index in [-0.39, 0.29) is 0 Å². The van der Waals surface area contributed by atoms with E-state index in [1.54, 1.807) is 0 Å². The lowest BCUT2D eigenvalue weighted by Gasteiger charge is -2.15. The van der Waals surface area contributed by atoms with Gasteiger partial charge in [0.25, 0.3) is 0 Å². The molecule has 1 aliphatic heterocycles. The lowest BCUT2D eigenvalue weighted by Crippen LogP contribution is -2.08. The maximum absolute atomic E-state index is 4.16. The highest BCUT2D eigenvalue weighted by atomic mass is 15.0. The van der Waals surface area contributed by atoms with E-state index in [4.69, 9.17) is 0 Å². The summed E-state index contributed by atoms with van der Waals surface area (Å²) in [6, 6.07) is 6.51. The van der Waals surface area contributed by atoms with Gasteiger partial charge in [-0.3, -0.25) is 4.99 Å². The molecule has 0 spiro atoms. The van der Waals surface area contributed by atoms with Gasteiger partial charge in [0.15, 0.2) is 0 Å². The highest BCUT2D eigenvalue weighted by Gasteiger charge is 2.06. The molecule has 1 aromatic rings. The quantitative estimate of drug-likeness (QED) is 0.695. The van der Waals surface area contributed by atoms with E-state index in [0.29, 0.717) is 12.6 Å². The molecule has 1 heterocycles. The molecule has 0 bridgehead atoms. The Morgan fingerprint density at radius 3 is 3.00 bits per heavy atom. The van der Waals surface area contributed by atoms with Crippen molar-refractivity contribution in [2.24, 2.45) is 4.99 Å². The third-order valence-electron chi connectivity index (χ3n) is 2.34. The summed E-state index contributed by atoms with van der Waals surface area (Å²) in [5, 5.41) is 3.26. The molecule has 2 rings (SSSR count). The highest BCUT2D eigenvalue weighted by Crippen LogP contribution is 2.23. The zero-order valence-corrected chi connectivity index (χ0v) is 8.04. The predicted octanol–water partition coefficient (Wildman–Crippen LogP) is 2.61. The van der Waals surface area contributed by atoms with Crippen molar-refractivity contribution in [3.8, 4) is 0 Å². The fraction of sp³-hybridized carbons (Fsp3) is 0.364. The highest BCUT2D eigenvalue weighted by molar-refractivity contribution is 5.89. The molecule has 2 heteroatoms. The molecule has 2 nitrogen and oxygen atoms in total. The average Bonchev–Trinajstić information content (AvgIpc) is 2.17. The third-order valence-corrected chi connectivity index (χ3v) is 2.34. The van der Waals surface area contributed by atoms with E-state index >= 15 is 0 Å². The number of nitrogens with one attached hydrogen (secondary N) is 1. The minimum Gasteiger partial charge on any atom is -0.366 e. The number of anilines is 1. The van der Waals surface area contributed by atoms with Gasteiger partial charge in [-0.05, 0) is 17.5 Å². The minimum atomic E-state index is 0.589. The first-order chi connectivity index (χ1) is 6.27. The molecule has 0 aliphatic carbocycles. The van der Waals surface area contributed by atoms with Crippen LogP contribution in [0.1, 0.15) is 30.9 Å². The monoisotopic (exact) mass is 174 g/mol. The molecule has 0 aromatic heterocycles. The van der Waals surface area contributed by atoms with Crippen LogP contribution in [0.25, 0.3) is 0 Å². The van der Waals surface area contributed by atoms with E-state index in [1.807, 2.05) is 6.21 Å². The van der Waals surface area contributed by atoms with Crippen LogP contribution in [0.5, 0.6) is 0 Å². The maximum Gasteiger partial charge on any atom is 0.107 e. The molecule has 0 radical (unpaired) electrons. The number of fused-ring (bicyclic) bond motifs is 1. The third kappa shape index (κ3) is 1.57. The van der Waals surface area contributed by atoms with Crippen LogP contribution in [-0.4, -0.2) is 12.9 Å². The number of hydrogen-bond acceptors (Lipinski definition) is 2. The van der Waals surface area contributed by atoms with Crippen molar-refractivity contribution in [1.82, 2.24) is 0 Å². The Hall–Kier alpha value is -1.31. The first-order valence-electron chi connectivity index (χ1n) is 4.65. The number of hydrogen-bond donors (Lipinski definition) is 1. The van der Waals surface area contributed by atoms with Crippen molar-refractivity contribution in [3.05, 3.63) is 29.3 Å². The molecule has 0 saturated carbocycles. The van der Waals surface area contributed by atoms with Crippen LogP contribution < -0.4 is 5.32 Å². The minimum absolute atomic E-state index is 0.589. The van der Waals surface area contributed by atoms with Gasteiger partial charge in [-0.1, -0.05) is 26.0 Å². The second-order valence-corrected chi connectivity index (χ2v) is 3.65. The van der Waals surface area contributed by atoms with Crippen LogP contribution in [0.3, 0.4) is 0 Å². The SMILES string of the molecule is CC(C)c1ccc2c(c1)NCN=C2. The second kappa shape index (κ2) is 3.21. The Labute approximate surface area is 78.7 Å². The number of benzene rings is 1. The summed E-state index contributed by atoms with van der Waals surface area (Å²) in [5.74, 6) is 0.589. The van der Waals surface area contributed by atoms with Gasteiger partial charge in [0, 0.05) is 17.5 Å². The Morgan fingerprint density at radius 2 is 2.23 bits per heavy atom. The molecule has 1 aliphatic rings. The standard InChI is InChI=1S/C11H14N2/c1-8(2)9-3-4-10-6-12-7-13-11(10)5-9/h3-6,8,13H,7H2,1-2H3. The molecular weight excluding hydrogens is 160 g/mol. The van der Waals surface area contributed by atoms with Gasteiger partial charge in [0.1, 0.15) is 6.67 Å². The maximum atomic E-state index is 4.16. The summed E-state index contributed by atoms with van der Waals surface area (Å²) in [6.07, 6.45) is 1.93. The van der Waals surface area contributed by atoms with Crippen LogP contribution in [0.15, 0.2) is 23.2 Å². The Kier molecular flexibility index (Phi) is 2.05. The van der Waals surface area contributed by atoms with Crippen LogP contribution >= 0.6 is 0 Å².